The number of rotatable bonds is 1. The Bertz CT molecular complexity index is 391. The van der Waals surface area contributed by atoms with Gasteiger partial charge in [0.1, 0.15) is 6.10 Å². The lowest BCUT2D eigenvalue weighted by Gasteiger charge is -2.10. The van der Waals surface area contributed by atoms with E-state index >= 15 is 0 Å². The van der Waals surface area contributed by atoms with E-state index in [-0.39, 0.29) is 12.1 Å². The average Bonchev–Trinajstić information content (AvgIpc) is 2.44. The van der Waals surface area contributed by atoms with Crippen molar-refractivity contribution in [2.24, 2.45) is 0 Å². The highest BCUT2D eigenvalue weighted by atomic mass is 16.5. The first-order chi connectivity index (χ1) is 6.68. The molecule has 0 radical (unpaired) electrons. The minimum atomic E-state index is -0.237. The Labute approximate surface area is 83.2 Å². The van der Waals surface area contributed by atoms with Gasteiger partial charge in [-0.3, -0.25) is 4.79 Å². The molecular formula is C12H12O2. The molecule has 1 aliphatic carbocycles. The number of fused-ring (bicyclic) bond motifs is 1. The molecule has 0 heterocycles. The Morgan fingerprint density at radius 2 is 2.21 bits per heavy atom. The largest absolute Gasteiger partial charge is 0.457 e. The Hall–Kier alpha value is -1.57. The molecule has 72 valence electrons. The van der Waals surface area contributed by atoms with Crippen LogP contribution in [0, 0.1) is 0 Å². The summed E-state index contributed by atoms with van der Waals surface area (Å²) in [5.41, 5.74) is 3.25. The molecule has 1 aliphatic rings. The van der Waals surface area contributed by atoms with Crippen LogP contribution < -0.4 is 0 Å². The molecule has 2 heteroatoms. The van der Waals surface area contributed by atoms with Crippen LogP contribution in [-0.2, 0) is 9.53 Å². The van der Waals surface area contributed by atoms with E-state index in [2.05, 4.69) is 6.58 Å². The molecule has 0 saturated heterocycles. The van der Waals surface area contributed by atoms with Crippen molar-refractivity contribution in [3.8, 4) is 0 Å². The third-order valence-electron chi connectivity index (χ3n) is 2.43. The average molecular weight is 188 g/mol. The van der Waals surface area contributed by atoms with Crippen LogP contribution in [0.5, 0.6) is 0 Å². The topological polar surface area (TPSA) is 26.3 Å². The van der Waals surface area contributed by atoms with Crippen LogP contribution in [-0.4, -0.2) is 5.97 Å². The van der Waals surface area contributed by atoms with Crippen molar-refractivity contribution in [3.63, 3.8) is 0 Å². The maximum atomic E-state index is 10.9. The number of esters is 1. The Morgan fingerprint density at radius 1 is 1.50 bits per heavy atom. The van der Waals surface area contributed by atoms with Gasteiger partial charge in [-0.05, 0) is 11.1 Å². The zero-order valence-electron chi connectivity index (χ0n) is 8.12. The second-order valence-electron chi connectivity index (χ2n) is 3.49. The fourth-order valence-corrected chi connectivity index (χ4v) is 1.85. The summed E-state index contributed by atoms with van der Waals surface area (Å²) < 4.78 is 5.21. The fourth-order valence-electron chi connectivity index (χ4n) is 1.85. The molecule has 0 amide bonds. The summed E-state index contributed by atoms with van der Waals surface area (Å²) in [6.07, 6.45) is 0.593. The molecular weight excluding hydrogens is 176 g/mol. The third kappa shape index (κ3) is 1.43. The minimum absolute atomic E-state index is 0.129. The van der Waals surface area contributed by atoms with Crippen LogP contribution in [0.1, 0.15) is 30.6 Å². The highest BCUT2D eigenvalue weighted by molar-refractivity contribution is 5.73. The van der Waals surface area contributed by atoms with Crippen LogP contribution in [0.3, 0.4) is 0 Å². The molecule has 0 bridgehead atoms. The Morgan fingerprint density at radius 3 is 2.93 bits per heavy atom. The maximum absolute atomic E-state index is 10.9. The van der Waals surface area contributed by atoms with Gasteiger partial charge in [-0.1, -0.05) is 30.8 Å². The zero-order chi connectivity index (χ0) is 10.1. The van der Waals surface area contributed by atoms with Crippen LogP contribution in [0.25, 0.3) is 5.57 Å². The number of carbonyl (C=O) groups is 1. The second kappa shape index (κ2) is 3.29. The van der Waals surface area contributed by atoms with E-state index in [9.17, 15) is 4.79 Å². The number of ether oxygens (including phenoxy) is 1. The summed E-state index contributed by atoms with van der Waals surface area (Å²) >= 11 is 0. The highest BCUT2D eigenvalue weighted by Crippen LogP contribution is 2.40. The van der Waals surface area contributed by atoms with E-state index in [1.807, 2.05) is 24.3 Å². The first kappa shape index (κ1) is 9.00. The van der Waals surface area contributed by atoms with E-state index in [4.69, 9.17) is 4.74 Å². The lowest BCUT2D eigenvalue weighted by Crippen LogP contribution is -2.04. The predicted molar refractivity (Wildman–Crippen MR) is 54.6 cm³/mol. The van der Waals surface area contributed by atoms with Gasteiger partial charge in [0.2, 0.25) is 0 Å². The molecule has 0 fully saturated rings. The lowest BCUT2D eigenvalue weighted by atomic mass is 10.1. The molecule has 2 nitrogen and oxygen atoms in total. The number of hydrogen-bond donors (Lipinski definition) is 0. The molecule has 0 N–H and O–H groups in total. The summed E-state index contributed by atoms with van der Waals surface area (Å²) in [4.78, 5) is 10.9. The van der Waals surface area contributed by atoms with Crippen LogP contribution >= 0.6 is 0 Å². The number of benzene rings is 1. The summed E-state index contributed by atoms with van der Waals surface area (Å²) in [6, 6.07) is 7.93. The first-order valence-electron chi connectivity index (χ1n) is 4.63. The standard InChI is InChI=1S/C12H12O2/c1-8-7-12(14-9(2)13)11-6-4-3-5-10(8)11/h3-6,12H,1,7H2,2H3. The van der Waals surface area contributed by atoms with E-state index in [1.165, 1.54) is 6.92 Å². The van der Waals surface area contributed by atoms with Gasteiger partial charge in [0.15, 0.2) is 0 Å². The molecule has 1 atom stereocenters. The number of hydrogen-bond acceptors (Lipinski definition) is 2. The van der Waals surface area contributed by atoms with Gasteiger partial charge in [0.25, 0.3) is 0 Å². The van der Waals surface area contributed by atoms with E-state index in [0.29, 0.717) is 0 Å². The van der Waals surface area contributed by atoms with E-state index in [1.54, 1.807) is 0 Å². The van der Waals surface area contributed by atoms with Crippen molar-refractivity contribution in [2.45, 2.75) is 19.4 Å². The van der Waals surface area contributed by atoms with Crippen molar-refractivity contribution in [3.05, 3.63) is 42.0 Å². The summed E-state index contributed by atoms with van der Waals surface area (Å²) in [5, 5.41) is 0. The Balaban J connectivity index is 2.34. The van der Waals surface area contributed by atoms with Crippen molar-refractivity contribution < 1.29 is 9.53 Å². The lowest BCUT2D eigenvalue weighted by molar-refractivity contribution is -0.146. The first-order valence-corrected chi connectivity index (χ1v) is 4.63. The van der Waals surface area contributed by atoms with Gasteiger partial charge in [-0.2, -0.15) is 0 Å². The molecule has 0 aliphatic heterocycles. The van der Waals surface area contributed by atoms with Gasteiger partial charge in [0.05, 0.1) is 0 Å². The summed E-state index contributed by atoms with van der Waals surface area (Å²) in [7, 11) is 0. The highest BCUT2D eigenvalue weighted by Gasteiger charge is 2.26. The molecule has 0 spiro atoms. The van der Waals surface area contributed by atoms with Crippen molar-refractivity contribution in [2.75, 3.05) is 0 Å². The Kier molecular flexibility index (Phi) is 2.12. The van der Waals surface area contributed by atoms with Gasteiger partial charge >= 0.3 is 5.97 Å². The van der Waals surface area contributed by atoms with Crippen molar-refractivity contribution >= 4 is 11.5 Å². The van der Waals surface area contributed by atoms with Gasteiger partial charge in [-0.15, -0.1) is 0 Å². The zero-order valence-corrected chi connectivity index (χ0v) is 8.12. The second-order valence-corrected chi connectivity index (χ2v) is 3.49. The fraction of sp³-hybridized carbons (Fsp3) is 0.250. The maximum Gasteiger partial charge on any atom is 0.303 e. The van der Waals surface area contributed by atoms with Crippen molar-refractivity contribution in [1.29, 1.82) is 0 Å². The smallest absolute Gasteiger partial charge is 0.303 e. The molecule has 1 aromatic rings. The quantitative estimate of drug-likeness (QED) is 0.633. The van der Waals surface area contributed by atoms with Crippen molar-refractivity contribution in [1.82, 2.24) is 0 Å². The number of carbonyl (C=O) groups excluding carboxylic acids is 1. The SMILES string of the molecule is C=C1CC(OC(C)=O)c2ccccc21. The van der Waals surface area contributed by atoms with Gasteiger partial charge < -0.3 is 4.74 Å². The summed E-state index contributed by atoms with van der Waals surface area (Å²) in [6.45, 7) is 5.40. The molecule has 1 unspecified atom stereocenters. The van der Waals surface area contributed by atoms with Crippen LogP contribution in [0.4, 0.5) is 0 Å². The minimum Gasteiger partial charge on any atom is -0.457 e. The van der Waals surface area contributed by atoms with E-state index in [0.717, 1.165) is 23.1 Å². The monoisotopic (exact) mass is 188 g/mol. The summed E-state index contributed by atoms with van der Waals surface area (Å²) in [5.74, 6) is -0.237. The van der Waals surface area contributed by atoms with Crippen LogP contribution in [0.2, 0.25) is 0 Å². The van der Waals surface area contributed by atoms with Gasteiger partial charge in [-0.25, -0.2) is 0 Å². The van der Waals surface area contributed by atoms with Gasteiger partial charge in [0, 0.05) is 18.9 Å². The predicted octanol–water partition coefficient (Wildman–Crippen LogP) is 2.71. The van der Waals surface area contributed by atoms with E-state index < -0.39 is 0 Å². The molecule has 1 aromatic carbocycles. The molecule has 0 saturated carbocycles. The molecule has 0 aromatic heterocycles. The molecule has 2 rings (SSSR count). The van der Waals surface area contributed by atoms with Crippen LogP contribution in [0.15, 0.2) is 30.8 Å². The third-order valence-corrected chi connectivity index (χ3v) is 2.43. The molecule has 14 heavy (non-hydrogen) atoms. The normalized spacial score (nSPS) is 19.2.